The van der Waals surface area contributed by atoms with Crippen molar-refractivity contribution in [2.24, 2.45) is 0 Å². The van der Waals surface area contributed by atoms with Crippen LogP contribution in [0.1, 0.15) is 33.5 Å². The molecule has 1 aliphatic heterocycles. The van der Waals surface area contributed by atoms with Gasteiger partial charge in [-0.2, -0.15) is 0 Å². The van der Waals surface area contributed by atoms with E-state index in [1.54, 1.807) is 0 Å². The zero-order valence-corrected chi connectivity index (χ0v) is 28.2. The molecule has 0 bridgehead atoms. The topological polar surface area (TPSA) is 67.9 Å². The highest BCUT2D eigenvalue weighted by molar-refractivity contribution is 6.43. The van der Waals surface area contributed by atoms with Crippen molar-refractivity contribution in [2.75, 3.05) is 36.1 Å². The molecule has 0 saturated carbocycles. The maximum absolute atomic E-state index is 11.4. The van der Waals surface area contributed by atoms with Crippen molar-refractivity contribution in [1.82, 2.24) is 4.57 Å². The third kappa shape index (κ3) is 7.19. The number of imidazole rings is 1. The lowest BCUT2D eigenvalue weighted by Gasteiger charge is -2.24. The zero-order chi connectivity index (χ0) is 29.8. The summed E-state index contributed by atoms with van der Waals surface area (Å²) in [5.74, 6) is 1.06. The van der Waals surface area contributed by atoms with Crippen LogP contribution in [0.3, 0.4) is 0 Å². The highest BCUT2D eigenvalue weighted by Gasteiger charge is 2.31. The molecule has 0 N–H and O–H groups in total. The molecule has 2 heterocycles. The van der Waals surface area contributed by atoms with Crippen molar-refractivity contribution in [3.8, 4) is 0 Å². The van der Waals surface area contributed by atoms with Crippen LogP contribution in [0.5, 0.6) is 0 Å². The molecule has 0 aliphatic carbocycles. The van der Waals surface area contributed by atoms with Gasteiger partial charge in [0, 0.05) is 38.6 Å². The van der Waals surface area contributed by atoms with Crippen LogP contribution in [0.15, 0.2) is 42.2 Å². The summed E-state index contributed by atoms with van der Waals surface area (Å²) in [5.41, 5.74) is 3.56. The number of aryl methyl sites for hydroxylation is 1. The summed E-state index contributed by atoms with van der Waals surface area (Å²) in [5, 5.41) is 1.79. The fourth-order valence-corrected chi connectivity index (χ4v) is 5.61. The molecule has 1 aliphatic rings. The van der Waals surface area contributed by atoms with Gasteiger partial charge >= 0.3 is 11.9 Å². The molecule has 0 saturated heterocycles. The quantitative estimate of drug-likeness (QED) is 0.234. The number of halogens is 5. The van der Waals surface area contributed by atoms with Crippen molar-refractivity contribution in [1.29, 1.82) is 0 Å². The monoisotopic (exact) mass is 718 g/mol. The second kappa shape index (κ2) is 14.8. The summed E-state index contributed by atoms with van der Waals surface area (Å²) >= 11 is 25.5. The average molecular weight is 721 g/mol. The van der Waals surface area contributed by atoms with Gasteiger partial charge in [-0.05, 0) is 32.1 Å². The first-order chi connectivity index (χ1) is 19.6. The first kappa shape index (κ1) is 34.1. The highest BCUT2D eigenvalue weighted by Crippen LogP contribution is 2.45. The van der Waals surface area contributed by atoms with Crippen LogP contribution in [-0.2, 0) is 32.2 Å². The molecule has 42 heavy (non-hydrogen) atoms. The van der Waals surface area contributed by atoms with Gasteiger partial charge in [0.1, 0.15) is 25.6 Å². The van der Waals surface area contributed by atoms with Crippen LogP contribution in [0.4, 0.5) is 11.4 Å². The zero-order valence-electron chi connectivity index (χ0n) is 23.6. The van der Waals surface area contributed by atoms with Gasteiger partial charge < -0.3 is 36.3 Å². The van der Waals surface area contributed by atoms with Crippen LogP contribution < -0.4 is 31.3 Å². The van der Waals surface area contributed by atoms with E-state index in [1.165, 1.54) is 13.8 Å². The van der Waals surface area contributed by atoms with Crippen molar-refractivity contribution < 1.29 is 40.6 Å². The van der Waals surface area contributed by atoms with Gasteiger partial charge in [-0.15, -0.1) is 0 Å². The predicted octanol–water partition coefficient (Wildman–Crippen LogP) is 3.89. The first-order valence-corrected chi connectivity index (χ1v) is 14.7. The van der Waals surface area contributed by atoms with E-state index in [0.29, 0.717) is 46.3 Å². The summed E-state index contributed by atoms with van der Waals surface area (Å²) in [4.78, 5) is 27.1. The van der Waals surface area contributed by atoms with Crippen LogP contribution in [0.25, 0.3) is 17.1 Å². The number of ether oxygens (including phenoxy) is 2. The van der Waals surface area contributed by atoms with Gasteiger partial charge in [-0.3, -0.25) is 9.59 Å². The predicted molar refractivity (Wildman–Crippen MR) is 165 cm³/mol. The van der Waals surface area contributed by atoms with E-state index in [2.05, 4.69) is 18.9 Å². The van der Waals surface area contributed by atoms with Crippen molar-refractivity contribution in [3.63, 3.8) is 0 Å². The van der Waals surface area contributed by atoms with Gasteiger partial charge in [-0.25, -0.2) is 9.13 Å². The molecule has 13 heteroatoms. The number of fused-ring (bicyclic) bond motifs is 2. The van der Waals surface area contributed by atoms with E-state index in [0.717, 1.165) is 34.1 Å². The van der Waals surface area contributed by atoms with E-state index in [1.807, 2.05) is 56.3 Å². The van der Waals surface area contributed by atoms with Gasteiger partial charge in [0.2, 0.25) is 0 Å². The van der Waals surface area contributed by atoms with E-state index in [9.17, 15) is 9.59 Å². The number of carbonyl (C=O) groups excluding carboxylic acids is 2. The number of carbonyl (C=O) groups is 2. The number of hydrogen-bond donors (Lipinski definition) is 0. The normalized spacial score (nSPS) is 13.7. The molecule has 0 unspecified atom stereocenters. The average Bonchev–Trinajstić information content (AvgIpc) is 3.34. The molecule has 0 atom stereocenters. The van der Waals surface area contributed by atoms with Crippen LogP contribution in [0.2, 0.25) is 20.1 Å². The van der Waals surface area contributed by atoms with Crippen molar-refractivity contribution in [3.05, 3.63) is 68.2 Å². The Bertz CT molecular complexity index is 1560. The Morgan fingerprint density at radius 2 is 1.40 bits per heavy atom. The lowest BCUT2D eigenvalue weighted by molar-refractivity contribution is -0.675. The van der Waals surface area contributed by atoms with Gasteiger partial charge in [0.05, 0.1) is 44.6 Å². The number of anilines is 2. The molecule has 0 spiro atoms. The second-order valence-corrected chi connectivity index (χ2v) is 10.9. The fraction of sp³-hybridized carbons (Fsp3) is 0.345. The van der Waals surface area contributed by atoms with E-state index in [-0.39, 0.29) is 42.1 Å². The lowest BCUT2D eigenvalue weighted by Crippen LogP contribution is -3.00. The van der Waals surface area contributed by atoms with E-state index < -0.39 is 0 Å². The Hall–Kier alpha value is -2.43. The molecule has 2 aromatic carbocycles. The number of benzene rings is 2. The van der Waals surface area contributed by atoms with Crippen LogP contribution in [-0.4, -0.2) is 42.8 Å². The first-order valence-electron chi connectivity index (χ1n) is 13.2. The van der Waals surface area contributed by atoms with E-state index in [4.69, 9.17) is 55.9 Å². The third-order valence-corrected chi connectivity index (χ3v) is 8.11. The maximum atomic E-state index is 11.4. The molecular weight excluding hydrogens is 690 g/mol. The van der Waals surface area contributed by atoms with Gasteiger partial charge in [0.15, 0.2) is 11.0 Å². The Kier molecular flexibility index (Phi) is 12.0. The Morgan fingerprint density at radius 1 is 0.833 bits per heavy atom. The number of rotatable bonds is 10. The summed E-state index contributed by atoms with van der Waals surface area (Å²) in [6.07, 6.45) is 5.94. The Balaban J connectivity index is 0.00000484. The number of nitrogens with zero attached hydrogens (tertiary/aromatic N) is 4. The molecule has 0 radical (unpaired) electrons. The summed E-state index contributed by atoms with van der Waals surface area (Å²) < 4.78 is 14.7. The maximum Gasteiger partial charge on any atom is 0.302 e. The summed E-state index contributed by atoms with van der Waals surface area (Å²) in [6, 6.07) is 7.34. The largest absolute Gasteiger partial charge is 1.00 e. The van der Waals surface area contributed by atoms with Crippen molar-refractivity contribution >= 4 is 86.8 Å². The molecule has 8 nitrogen and oxygen atoms in total. The second-order valence-electron chi connectivity index (χ2n) is 9.22. The molecule has 1 aromatic heterocycles. The van der Waals surface area contributed by atoms with E-state index >= 15 is 0 Å². The molecule has 3 aromatic rings. The van der Waals surface area contributed by atoms with Gasteiger partial charge in [0.25, 0.3) is 5.82 Å². The number of hydrogen-bond acceptors (Lipinski definition) is 6. The molecule has 0 amide bonds. The Morgan fingerprint density at radius 3 is 2.00 bits per heavy atom. The lowest BCUT2D eigenvalue weighted by atomic mass is 10.2. The molecule has 0 fully saturated rings. The van der Waals surface area contributed by atoms with Gasteiger partial charge in [-0.1, -0.05) is 52.5 Å². The number of esters is 2. The van der Waals surface area contributed by atoms with Crippen molar-refractivity contribution in [2.45, 2.75) is 40.8 Å². The molecule has 226 valence electrons. The standard InChI is InChI=1S/C29H31Cl4N4O4.BrH/c1-5-34-24-14-20(30)22(32)16-26(24)36(10-12-40-18(3)38)28(34)8-7-9-29-35(6-2)25-15-21(31)23(33)17-27(25)37(29)11-13-41-19(4)39;/h7-9,14-17H,5-6,10-13H2,1-4H3;1H/q+1;/p-1. The summed E-state index contributed by atoms with van der Waals surface area (Å²) in [6.45, 7) is 9.46. The summed E-state index contributed by atoms with van der Waals surface area (Å²) in [7, 11) is 0. The minimum atomic E-state index is -0.345. The third-order valence-electron chi connectivity index (χ3n) is 6.67. The number of allylic oxidation sites excluding steroid dienone is 2. The Labute approximate surface area is 275 Å². The molecular formula is C29H31BrCl4N4O4. The highest BCUT2D eigenvalue weighted by atomic mass is 79.9. The molecule has 4 rings (SSSR count). The smallest absolute Gasteiger partial charge is 0.302 e. The minimum absolute atomic E-state index is 0. The minimum Gasteiger partial charge on any atom is -1.00 e. The number of aromatic nitrogens is 2. The fourth-order valence-electron chi connectivity index (χ4n) is 4.98. The SMILES string of the molecule is CCN1C(=CC=Cc2n(CC)c3cc(Cl)c(Cl)cc3[n+]2CCOC(C)=O)N(CCOC(C)=O)c2cc(Cl)c(Cl)cc21.[Br-]. The van der Waals surface area contributed by atoms with Crippen LogP contribution >= 0.6 is 46.4 Å². The van der Waals surface area contributed by atoms with Crippen LogP contribution in [0, 0.1) is 0 Å².